The molecule has 4 saturated carbocycles. The number of hydrogen-bond donors (Lipinski definition) is 2. The highest BCUT2D eigenvalue weighted by Crippen LogP contribution is 2.74. The van der Waals surface area contributed by atoms with Gasteiger partial charge in [-0.25, -0.2) is 0 Å². The van der Waals surface area contributed by atoms with Gasteiger partial charge in [-0.1, -0.05) is 53.7 Å². The van der Waals surface area contributed by atoms with Crippen molar-refractivity contribution >= 4 is 0 Å². The van der Waals surface area contributed by atoms with Crippen LogP contribution < -0.4 is 0 Å². The molecule has 1 saturated heterocycles. The zero-order valence-corrected chi connectivity index (χ0v) is 21.4. The van der Waals surface area contributed by atoms with Crippen molar-refractivity contribution in [2.75, 3.05) is 0 Å². The first-order valence-corrected chi connectivity index (χ1v) is 13.8. The summed E-state index contributed by atoms with van der Waals surface area (Å²) >= 11 is 0. The van der Waals surface area contributed by atoms with E-state index < -0.39 is 0 Å². The molecule has 1 heterocycles. The van der Waals surface area contributed by atoms with Crippen LogP contribution in [0.2, 0.25) is 0 Å². The Hall–Kier alpha value is -0.380. The van der Waals surface area contributed by atoms with Gasteiger partial charge >= 0.3 is 0 Å². The van der Waals surface area contributed by atoms with Crippen LogP contribution in [0.1, 0.15) is 92.9 Å². The number of hydrogen-bond acceptors (Lipinski definition) is 3. The zero-order chi connectivity index (χ0) is 23.1. The van der Waals surface area contributed by atoms with Crippen molar-refractivity contribution in [2.24, 2.45) is 52.3 Å². The maximum absolute atomic E-state index is 11.6. The summed E-state index contributed by atoms with van der Waals surface area (Å²) in [5.41, 5.74) is 0.196. The molecule has 32 heavy (non-hydrogen) atoms. The number of epoxide rings is 1. The van der Waals surface area contributed by atoms with Gasteiger partial charge in [0.2, 0.25) is 0 Å². The largest absolute Gasteiger partial charge is 0.393 e. The highest BCUT2D eigenvalue weighted by Gasteiger charge is 2.79. The van der Waals surface area contributed by atoms with Crippen LogP contribution >= 0.6 is 0 Å². The SMILES string of the molecule is CC[C@H](/C=C/[C@@H](C)[C@H]1CC[C@H]2[C@@H]3[C@H](O)[C@H]4O[C@]45C[C@@H](O)CC[C@]5(C)[C@H]3CC[C@]12C)C(C)C. The van der Waals surface area contributed by atoms with E-state index in [0.717, 1.165) is 19.3 Å². The molecule has 2 N–H and O–H groups in total. The summed E-state index contributed by atoms with van der Waals surface area (Å²) in [6, 6.07) is 0. The molecule has 5 aliphatic rings. The van der Waals surface area contributed by atoms with Crippen LogP contribution in [0.3, 0.4) is 0 Å². The van der Waals surface area contributed by atoms with Crippen molar-refractivity contribution < 1.29 is 14.9 Å². The molecule has 0 aromatic carbocycles. The van der Waals surface area contributed by atoms with Crippen LogP contribution in [-0.4, -0.2) is 34.1 Å². The van der Waals surface area contributed by atoms with Crippen LogP contribution in [0, 0.1) is 52.3 Å². The first-order chi connectivity index (χ1) is 15.1. The fourth-order valence-electron chi connectivity index (χ4n) is 9.83. The molecule has 0 unspecified atom stereocenters. The van der Waals surface area contributed by atoms with Gasteiger partial charge in [0.25, 0.3) is 0 Å². The second kappa shape index (κ2) is 7.82. The first-order valence-electron chi connectivity index (χ1n) is 13.8. The molecule has 0 aromatic rings. The molecule has 1 aliphatic heterocycles. The van der Waals surface area contributed by atoms with Gasteiger partial charge in [0.15, 0.2) is 0 Å². The lowest BCUT2D eigenvalue weighted by atomic mass is 9.43. The number of rotatable bonds is 5. The number of fused-ring (bicyclic) bond motifs is 4. The van der Waals surface area contributed by atoms with E-state index in [0.29, 0.717) is 46.8 Å². The van der Waals surface area contributed by atoms with Crippen LogP contribution in [0.4, 0.5) is 0 Å². The summed E-state index contributed by atoms with van der Waals surface area (Å²) in [4.78, 5) is 0. The second-order valence-electron chi connectivity index (χ2n) is 13.3. The monoisotopic (exact) mass is 444 g/mol. The minimum atomic E-state index is -0.349. The molecule has 0 radical (unpaired) electrons. The molecule has 12 atom stereocenters. The summed E-state index contributed by atoms with van der Waals surface area (Å²) in [6.45, 7) is 14.4. The van der Waals surface area contributed by atoms with E-state index in [9.17, 15) is 10.2 Å². The van der Waals surface area contributed by atoms with E-state index in [4.69, 9.17) is 4.74 Å². The van der Waals surface area contributed by atoms with Gasteiger partial charge in [-0.05, 0) is 91.8 Å². The Labute approximate surface area is 196 Å². The molecule has 5 fully saturated rings. The highest BCUT2D eigenvalue weighted by atomic mass is 16.6. The van der Waals surface area contributed by atoms with Crippen molar-refractivity contribution in [3.8, 4) is 0 Å². The molecule has 3 heteroatoms. The number of ether oxygens (including phenoxy) is 1. The van der Waals surface area contributed by atoms with Crippen molar-refractivity contribution in [3.63, 3.8) is 0 Å². The fourth-order valence-corrected chi connectivity index (χ4v) is 9.83. The van der Waals surface area contributed by atoms with Crippen LogP contribution in [0.15, 0.2) is 12.2 Å². The smallest absolute Gasteiger partial charge is 0.114 e. The van der Waals surface area contributed by atoms with Crippen LogP contribution in [0.5, 0.6) is 0 Å². The average molecular weight is 445 g/mol. The molecular formula is C29H48O3. The van der Waals surface area contributed by atoms with Crippen molar-refractivity contribution in [1.29, 1.82) is 0 Å². The zero-order valence-electron chi connectivity index (χ0n) is 21.4. The predicted molar refractivity (Wildman–Crippen MR) is 129 cm³/mol. The molecule has 0 amide bonds. The summed E-state index contributed by atoms with van der Waals surface area (Å²) in [5.74, 6) is 4.22. The maximum atomic E-state index is 11.6. The Morgan fingerprint density at radius 2 is 1.72 bits per heavy atom. The van der Waals surface area contributed by atoms with Crippen molar-refractivity contribution in [2.45, 2.75) is 117 Å². The summed E-state index contributed by atoms with van der Waals surface area (Å²) in [5, 5.41) is 22.0. The van der Waals surface area contributed by atoms with E-state index in [1.165, 1.54) is 32.1 Å². The van der Waals surface area contributed by atoms with E-state index in [2.05, 4.69) is 53.7 Å². The van der Waals surface area contributed by atoms with Crippen molar-refractivity contribution in [1.82, 2.24) is 0 Å². The quantitative estimate of drug-likeness (QED) is 0.405. The molecular weight excluding hydrogens is 396 g/mol. The summed E-state index contributed by atoms with van der Waals surface area (Å²) in [6.07, 6.45) is 13.4. The van der Waals surface area contributed by atoms with E-state index in [-0.39, 0.29) is 29.3 Å². The molecule has 3 nitrogen and oxygen atoms in total. The Kier molecular flexibility index (Phi) is 5.71. The van der Waals surface area contributed by atoms with Gasteiger partial charge in [-0.15, -0.1) is 0 Å². The lowest BCUT2D eigenvalue weighted by molar-refractivity contribution is -0.150. The summed E-state index contributed by atoms with van der Waals surface area (Å²) in [7, 11) is 0. The fraction of sp³-hybridized carbons (Fsp3) is 0.931. The molecule has 4 aliphatic carbocycles. The lowest BCUT2D eigenvalue weighted by Gasteiger charge is -2.60. The van der Waals surface area contributed by atoms with E-state index in [1.54, 1.807) is 0 Å². The normalized spacial score (nSPS) is 54.0. The minimum absolute atomic E-state index is 0.0428. The standard InChI is InChI=1S/C29H48O3/c1-7-19(17(2)3)9-8-18(4)21-10-11-22-24-23(13-14-27(21,22)5)28(6)15-12-20(30)16-29(28)26(32-29)25(24)31/h8-9,17-26,30-31H,7,10-16H2,1-6H3/b9-8+/t18-,19-,20+,21-,22+,23+,24+,25+,26-,27-,28-,29-/m1/s1. The van der Waals surface area contributed by atoms with Gasteiger partial charge in [0, 0.05) is 11.8 Å². The number of aliphatic hydroxyl groups excluding tert-OH is 2. The average Bonchev–Trinajstić information content (AvgIpc) is 3.36. The predicted octanol–water partition coefficient (Wildman–Crippen LogP) is 5.98. The number of allylic oxidation sites excluding steroid dienone is 2. The Morgan fingerprint density at radius 3 is 2.41 bits per heavy atom. The third kappa shape index (κ3) is 3.09. The molecule has 0 aromatic heterocycles. The van der Waals surface area contributed by atoms with Gasteiger partial charge in [0.05, 0.1) is 12.2 Å². The lowest BCUT2D eigenvalue weighted by Crippen LogP contribution is -2.63. The van der Waals surface area contributed by atoms with Gasteiger partial charge in [-0.3, -0.25) is 0 Å². The molecule has 1 spiro atoms. The maximum Gasteiger partial charge on any atom is 0.114 e. The minimum Gasteiger partial charge on any atom is -0.393 e. The third-order valence-electron chi connectivity index (χ3n) is 11.8. The van der Waals surface area contributed by atoms with Gasteiger partial charge in [0.1, 0.15) is 11.7 Å². The molecule has 5 rings (SSSR count). The Morgan fingerprint density at radius 1 is 0.969 bits per heavy atom. The van der Waals surface area contributed by atoms with E-state index in [1.807, 2.05) is 0 Å². The summed E-state index contributed by atoms with van der Waals surface area (Å²) < 4.78 is 6.38. The van der Waals surface area contributed by atoms with Crippen molar-refractivity contribution in [3.05, 3.63) is 12.2 Å². The Balaban J connectivity index is 1.38. The van der Waals surface area contributed by atoms with Gasteiger partial charge in [-0.2, -0.15) is 0 Å². The van der Waals surface area contributed by atoms with Crippen LogP contribution in [0.25, 0.3) is 0 Å². The Bertz CT molecular complexity index is 747. The third-order valence-corrected chi connectivity index (χ3v) is 11.8. The first kappa shape index (κ1) is 23.4. The second-order valence-corrected chi connectivity index (χ2v) is 13.3. The van der Waals surface area contributed by atoms with E-state index >= 15 is 0 Å². The van der Waals surface area contributed by atoms with Crippen LogP contribution in [-0.2, 0) is 4.74 Å². The molecule has 182 valence electrons. The highest BCUT2D eigenvalue weighted by molar-refractivity contribution is 5.27. The number of aliphatic hydroxyl groups is 2. The van der Waals surface area contributed by atoms with Gasteiger partial charge < -0.3 is 14.9 Å². The topological polar surface area (TPSA) is 53.0 Å². The molecule has 0 bridgehead atoms.